The molecule has 0 radical (unpaired) electrons. The monoisotopic (exact) mass is 1010 g/mol. The van der Waals surface area contributed by atoms with Gasteiger partial charge in [-0.05, 0) is 86.8 Å². The molecule has 4 rings (SSSR count). The van der Waals surface area contributed by atoms with Crippen molar-refractivity contribution in [2.75, 3.05) is 7.05 Å². The van der Waals surface area contributed by atoms with E-state index in [2.05, 4.69) is 26.6 Å². The predicted octanol–water partition coefficient (Wildman–Crippen LogP) is -1.51. The number of cyclic esters (lactones) is 1. The minimum atomic E-state index is -1.97. The van der Waals surface area contributed by atoms with E-state index in [1.807, 2.05) is 0 Å². The molecule has 72 heavy (non-hydrogen) atoms. The maximum Gasteiger partial charge on any atom is 0.329 e. The first kappa shape index (κ1) is 57.7. The lowest BCUT2D eigenvalue weighted by molar-refractivity contribution is -0.166. The number of fused-ring (bicyclic) bond motifs is 2. The molecule has 2 aliphatic rings. The lowest BCUT2D eigenvalue weighted by atomic mass is 9.94. The van der Waals surface area contributed by atoms with E-state index in [4.69, 9.17) is 10.5 Å². The van der Waals surface area contributed by atoms with Crippen molar-refractivity contribution in [3.8, 4) is 11.5 Å². The highest BCUT2D eigenvalue weighted by Crippen LogP contribution is 2.27. The molecule has 2 aromatic carbocycles. The van der Waals surface area contributed by atoms with Crippen LogP contribution in [0.25, 0.3) is 0 Å². The van der Waals surface area contributed by atoms with Gasteiger partial charge in [-0.1, -0.05) is 58.4 Å². The number of aliphatic hydroxyl groups excluding tert-OH is 3. The zero-order chi connectivity index (χ0) is 53.7. The Bertz CT molecular complexity index is 2260. The van der Waals surface area contributed by atoms with E-state index in [9.17, 15) is 68.7 Å². The highest BCUT2D eigenvalue weighted by molar-refractivity contribution is 5.98. The van der Waals surface area contributed by atoms with Crippen molar-refractivity contribution in [2.45, 2.75) is 160 Å². The SMILES string of the molecule is CC[C@H](C)[C@@H]1NC(=O)[C@H](Cc2ccc(O)cc2)N(C)C(=O)C(CC(C)C)N2C(=O)[C@H](CC[C@H]2O)NC(=O)C([C@@H](C)O)NC(=O)C(NC(=O)[C@H](CCC(N)=O)NC(=O)[C@H](O)Cc2ccc(O)cc2)[C@@H](C)OC1=O. The summed E-state index contributed by atoms with van der Waals surface area (Å²) < 4.78 is 5.84. The van der Waals surface area contributed by atoms with Gasteiger partial charge in [0.05, 0.1) is 6.10 Å². The molecule has 396 valence electrons. The number of piperidine rings is 1. The van der Waals surface area contributed by atoms with Gasteiger partial charge in [-0.15, -0.1) is 0 Å². The number of phenolic OH excluding ortho intramolecular Hbond substituents is 2. The predicted molar refractivity (Wildman–Crippen MR) is 256 cm³/mol. The number of ether oxygens (including phenoxy) is 1. The van der Waals surface area contributed by atoms with Gasteiger partial charge in [0.25, 0.3) is 0 Å². The molecule has 2 heterocycles. The highest BCUT2D eigenvalue weighted by Gasteiger charge is 2.46. The van der Waals surface area contributed by atoms with Gasteiger partial charge in [-0.3, -0.25) is 38.4 Å². The van der Waals surface area contributed by atoms with Crippen molar-refractivity contribution in [1.82, 2.24) is 36.4 Å². The number of likely N-dealkylation sites (N-methyl/N-ethyl adjacent to an activating group) is 1. The van der Waals surface area contributed by atoms with Crippen molar-refractivity contribution in [3.63, 3.8) is 0 Å². The van der Waals surface area contributed by atoms with E-state index in [0.29, 0.717) is 11.1 Å². The number of phenols is 2. The van der Waals surface area contributed by atoms with Crippen LogP contribution in [0.4, 0.5) is 0 Å². The summed E-state index contributed by atoms with van der Waals surface area (Å²) >= 11 is 0. The number of esters is 1. The lowest BCUT2D eigenvalue weighted by Crippen LogP contribution is -2.66. The molecule has 3 unspecified atom stereocenters. The number of carbonyl (C=O) groups is 9. The molecule has 0 aliphatic carbocycles. The molecule has 8 amide bonds. The van der Waals surface area contributed by atoms with E-state index >= 15 is 0 Å². The van der Waals surface area contributed by atoms with Crippen molar-refractivity contribution >= 4 is 53.2 Å². The molecule has 0 saturated carbocycles. The van der Waals surface area contributed by atoms with Crippen LogP contribution < -0.4 is 32.3 Å². The van der Waals surface area contributed by atoms with Crippen molar-refractivity contribution in [2.24, 2.45) is 17.6 Å². The van der Waals surface area contributed by atoms with Crippen molar-refractivity contribution < 1.29 is 73.4 Å². The summed E-state index contributed by atoms with van der Waals surface area (Å²) in [4.78, 5) is 128. The first-order chi connectivity index (χ1) is 33.8. The van der Waals surface area contributed by atoms with Gasteiger partial charge in [-0.25, -0.2) is 4.79 Å². The fourth-order valence-corrected chi connectivity index (χ4v) is 8.40. The maximum atomic E-state index is 14.8. The summed E-state index contributed by atoms with van der Waals surface area (Å²) in [5.41, 5.74) is 6.30. The van der Waals surface area contributed by atoms with Gasteiger partial charge >= 0.3 is 5.97 Å². The fourth-order valence-electron chi connectivity index (χ4n) is 8.40. The average Bonchev–Trinajstić information content (AvgIpc) is 3.32. The standard InChI is InChI=1S/C49H70N8O15/c1-8-25(4)39-49(71)72-27(6)41(55-42(64)32(17-19-37(50)62)51-44(66)36(61)23-29-11-15-31(60)16-12-29)46(68)54-40(26(5)58)45(67)52-33-18-20-38(63)57(47(33)69)35(21-24(2)3)48(70)56(7)34(43(65)53-39)22-28-9-13-30(59)14-10-28/h9-16,24-27,32-36,38-41,58-61,63H,8,17-23H2,1-7H3,(H2,50,62)(H,51,66)(H,52,67)(H,53,65)(H,54,68)(H,55,64)/t25-,26+,27+,32-,33-,34-,35?,36+,38+,39-,40?,41?/m0/s1. The minimum Gasteiger partial charge on any atom is -0.508 e. The number of primary amides is 1. The summed E-state index contributed by atoms with van der Waals surface area (Å²) in [7, 11) is 1.33. The molecule has 23 nitrogen and oxygen atoms in total. The van der Waals surface area contributed by atoms with E-state index < -0.39 is 139 Å². The van der Waals surface area contributed by atoms with Crippen molar-refractivity contribution in [1.29, 1.82) is 0 Å². The number of nitrogens with two attached hydrogens (primary N) is 1. The first-order valence-electron chi connectivity index (χ1n) is 24.0. The second kappa shape index (κ2) is 26.0. The average molecular weight is 1010 g/mol. The number of nitrogens with zero attached hydrogens (tertiary/aromatic N) is 2. The minimum absolute atomic E-state index is 0.00713. The van der Waals surface area contributed by atoms with Gasteiger partial charge in [-0.2, -0.15) is 0 Å². The molecule has 2 aromatic rings. The Kier molecular flexibility index (Phi) is 20.9. The lowest BCUT2D eigenvalue weighted by Gasteiger charge is -2.43. The third kappa shape index (κ3) is 15.6. The second-order valence-corrected chi connectivity index (χ2v) is 19.0. The molecule has 23 heteroatoms. The zero-order valence-corrected chi connectivity index (χ0v) is 41.6. The molecular formula is C49H70N8O15. The van der Waals surface area contributed by atoms with E-state index in [1.165, 1.54) is 62.5 Å². The Labute approximate surface area is 417 Å². The van der Waals surface area contributed by atoms with Crippen LogP contribution in [0.1, 0.15) is 91.2 Å². The molecule has 2 saturated heterocycles. The topological polar surface area (TPSA) is 357 Å². The van der Waals surface area contributed by atoms with E-state index in [-0.39, 0.29) is 55.9 Å². The van der Waals surface area contributed by atoms with Gasteiger partial charge in [0.1, 0.15) is 72.2 Å². The van der Waals surface area contributed by atoms with Crippen LogP contribution in [0.5, 0.6) is 11.5 Å². The van der Waals surface area contributed by atoms with E-state index in [0.717, 1.165) is 16.7 Å². The van der Waals surface area contributed by atoms with Gasteiger partial charge in [0.2, 0.25) is 47.3 Å². The highest BCUT2D eigenvalue weighted by atomic mass is 16.5. The molecule has 0 spiro atoms. The summed E-state index contributed by atoms with van der Waals surface area (Å²) in [6, 6.07) is 0.202. The number of aromatic hydroxyl groups is 2. The third-order valence-electron chi connectivity index (χ3n) is 12.9. The molecule has 12 atom stereocenters. The van der Waals surface area contributed by atoms with E-state index in [1.54, 1.807) is 27.7 Å². The number of benzene rings is 2. The number of hydrogen-bond donors (Lipinski definition) is 11. The summed E-state index contributed by atoms with van der Waals surface area (Å²) in [5, 5.41) is 65.0. The number of nitrogens with one attached hydrogen (secondary N) is 5. The molecule has 2 bridgehead atoms. The molecule has 0 aromatic heterocycles. The van der Waals surface area contributed by atoms with Crippen LogP contribution in [0, 0.1) is 11.8 Å². The number of carbonyl (C=O) groups excluding carboxylic acids is 9. The second-order valence-electron chi connectivity index (χ2n) is 19.0. The third-order valence-corrected chi connectivity index (χ3v) is 12.9. The maximum absolute atomic E-state index is 14.8. The Morgan fingerprint density at radius 3 is 1.93 bits per heavy atom. The zero-order valence-electron chi connectivity index (χ0n) is 41.6. The number of amides is 8. The Morgan fingerprint density at radius 2 is 1.38 bits per heavy atom. The van der Waals surface area contributed by atoms with Crippen LogP contribution in [-0.2, 0) is 60.7 Å². The summed E-state index contributed by atoms with van der Waals surface area (Å²) in [6.45, 7) is 9.24. The quantitative estimate of drug-likeness (QED) is 0.0852. The summed E-state index contributed by atoms with van der Waals surface area (Å²) in [5.74, 6) is -10.1. The molecule has 12 N–H and O–H groups in total. The Hall–Kier alpha value is -6.85. The van der Waals surface area contributed by atoms with Crippen LogP contribution in [0.2, 0.25) is 0 Å². The number of aliphatic hydroxyl groups is 3. The van der Waals surface area contributed by atoms with Crippen LogP contribution in [0.15, 0.2) is 48.5 Å². The largest absolute Gasteiger partial charge is 0.508 e. The fraction of sp³-hybridized carbons (Fsp3) is 0.571. The van der Waals surface area contributed by atoms with Gasteiger partial charge < -0.3 is 72.4 Å². The van der Waals surface area contributed by atoms with Gasteiger partial charge in [0.15, 0.2) is 0 Å². The smallest absolute Gasteiger partial charge is 0.329 e. The van der Waals surface area contributed by atoms with Crippen molar-refractivity contribution in [3.05, 3.63) is 59.7 Å². The van der Waals surface area contributed by atoms with Gasteiger partial charge in [0, 0.05) is 26.3 Å². The Balaban J connectivity index is 1.82. The van der Waals surface area contributed by atoms with Crippen LogP contribution >= 0.6 is 0 Å². The molecule has 2 fully saturated rings. The normalized spacial score (nSPS) is 25.5. The summed E-state index contributed by atoms with van der Waals surface area (Å²) in [6.07, 6.45) is -8.03. The number of hydrogen-bond acceptors (Lipinski definition) is 15. The van der Waals surface area contributed by atoms with Crippen LogP contribution in [0.3, 0.4) is 0 Å². The Morgan fingerprint density at radius 1 is 0.792 bits per heavy atom. The van der Waals surface area contributed by atoms with Crippen LogP contribution in [-0.4, -0.2) is 162 Å². The first-order valence-corrected chi connectivity index (χ1v) is 24.0. The molecule has 2 aliphatic heterocycles. The number of rotatable bonds is 16. The molecular weight excluding hydrogens is 941 g/mol.